The zero-order chi connectivity index (χ0) is 18.5. The van der Waals surface area contributed by atoms with Gasteiger partial charge in [0.15, 0.2) is 18.0 Å². The third kappa shape index (κ3) is 4.30. The number of benzene rings is 2. The topological polar surface area (TPSA) is 64.9 Å². The maximum Gasteiger partial charge on any atom is 0.279 e. The number of anilines is 1. The van der Waals surface area contributed by atoms with Gasteiger partial charge in [-0.25, -0.2) is 4.98 Å². The second kappa shape index (κ2) is 8.16. The number of fused-ring (bicyclic) bond motifs is 1. The van der Waals surface area contributed by atoms with Gasteiger partial charge in [0.1, 0.15) is 11.6 Å². The molecule has 3 aromatic rings. The highest BCUT2D eigenvalue weighted by Gasteiger charge is 2.14. The summed E-state index contributed by atoms with van der Waals surface area (Å²) in [7, 11) is 5.14. The highest BCUT2D eigenvalue weighted by molar-refractivity contribution is 7.18. The van der Waals surface area contributed by atoms with Gasteiger partial charge in [-0.1, -0.05) is 12.1 Å². The molecular formula is C19H22N3O3S+. The molecule has 0 aliphatic rings. The van der Waals surface area contributed by atoms with Gasteiger partial charge in [0, 0.05) is 11.8 Å². The first-order valence-electron chi connectivity index (χ1n) is 8.26. The summed E-state index contributed by atoms with van der Waals surface area (Å²) >= 11 is 1.67. The summed E-state index contributed by atoms with van der Waals surface area (Å²) in [6.45, 7) is 1.06. The predicted octanol–water partition coefficient (Wildman–Crippen LogP) is 1.97. The van der Waals surface area contributed by atoms with E-state index in [0.29, 0.717) is 30.3 Å². The number of carbonyl (C=O) groups excluding carboxylic acids is 1. The van der Waals surface area contributed by atoms with E-state index in [9.17, 15) is 4.79 Å². The fraction of sp³-hybridized carbons (Fsp3) is 0.263. The lowest BCUT2D eigenvalue weighted by atomic mass is 10.2. The number of ether oxygens (including phenoxy) is 2. The lowest BCUT2D eigenvalue weighted by Gasteiger charge is -2.13. The number of methoxy groups -OCH3 is 2. The van der Waals surface area contributed by atoms with Crippen molar-refractivity contribution in [2.75, 3.05) is 33.1 Å². The van der Waals surface area contributed by atoms with Crippen molar-refractivity contribution in [1.82, 2.24) is 4.98 Å². The minimum atomic E-state index is -0.0594. The van der Waals surface area contributed by atoms with Crippen molar-refractivity contribution in [1.29, 1.82) is 0 Å². The zero-order valence-corrected chi connectivity index (χ0v) is 15.9. The van der Waals surface area contributed by atoms with Crippen molar-refractivity contribution in [3.63, 3.8) is 0 Å². The molecule has 0 bridgehead atoms. The Morgan fingerprint density at radius 2 is 1.92 bits per heavy atom. The largest absolute Gasteiger partial charge is 0.493 e. The molecule has 1 heterocycles. The number of quaternary nitrogens is 1. The summed E-state index contributed by atoms with van der Waals surface area (Å²) in [5, 5.41) is 3.93. The van der Waals surface area contributed by atoms with Gasteiger partial charge in [0.05, 0.1) is 31.5 Å². The molecule has 0 spiro atoms. The molecule has 2 aromatic carbocycles. The number of hydrogen-bond donors (Lipinski definition) is 2. The van der Waals surface area contributed by atoms with Crippen molar-refractivity contribution < 1.29 is 19.2 Å². The SMILES string of the molecule is COc1ccc(NC(=O)C[NH+](C)Cc2nc3ccccc3s2)cc1OC. The standard InChI is InChI=1S/C19H21N3O3S/c1-22(12-19-21-14-6-4-5-7-17(14)26-19)11-18(23)20-13-8-9-15(24-2)16(10-13)25-3/h4-10H,11-12H2,1-3H3,(H,20,23)/p+1. The molecule has 3 rings (SSSR count). The summed E-state index contributed by atoms with van der Waals surface area (Å²) in [5.74, 6) is 1.15. The normalized spacial score (nSPS) is 12.0. The lowest BCUT2D eigenvalue weighted by Crippen LogP contribution is -3.08. The predicted molar refractivity (Wildman–Crippen MR) is 103 cm³/mol. The van der Waals surface area contributed by atoms with E-state index in [-0.39, 0.29) is 5.91 Å². The molecule has 0 radical (unpaired) electrons. The Morgan fingerprint density at radius 3 is 2.65 bits per heavy atom. The molecule has 0 aliphatic heterocycles. The average molecular weight is 372 g/mol. The third-order valence-corrected chi connectivity index (χ3v) is 4.96. The minimum Gasteiger partial charge on any atom is -0.493 e. The van der Waals surface area contributed by atoms with Crippen LogP contribution in [-0.2, 0) is 11.3 Å². The van der Waals surface area contributed by atoms with Crippen LogP contribution in [-0.4, -0.2) is 38.7 Å². The molecule has 0 saturated carbocycles. The van der Waals surface area contributed by atoms with Gasteiger partial charge >= 0.3 is 0 Å². The number of likely N-dealkylation sites (N-methyl/N-ethyl adjacent to an activating group) is 1. The van der Waals surface area contributed by atoms with E-state index in [1.165, 1.54) is 4.70 Å². The molecule has 1 unspecified atom stereocenters. The number of aromatic nitrogens is 1. The molecule has 0 saturated heterocycles. The van der Waals surface area contributed by atoms with Crippen LogP contribution in [0.4, 0.5) is 5.69 Å². The Morgan fingerprint density at radius 1 is 1.15 bits per heavy atom. The van der Waals surface area contributed by atoms with Crippen LogP contribution in [0.3, 0.4) is 0 Å². The van der Waals surface area contributed by atoms with Crippen LogP contribution in [0.1, 0.15) is 5.01 Å². The summed E-state index contributed by atoms with van der Waals surface area (Å²) in [5.41, 5.74) is 1.69. The fourth-order valence-corrected chi connectivity index (χ4v) is 3.79. The first-order chi connectivity index (χ1) is 12.6. The maximum atomic E-state index is 12.3. The van der Waals surface area contributed by atoms with E-state index in [2.05, 4.69) is 16.4 Å². The van der Waals surface area contributed by atoms with Crippen molar-refractivity contribution in [3.05, 3.63) is 47.5 Å². The highest BCUT2D eigenvalue weighted by Crippen LogP contribution is 2.29. The van der Waals surface area contributed by atoms with E-state index < -0.39 is 0 Å². The van der Waals surface area contributed by atoms with Gasteiger partial charge in [-0.15, -0.1) is 11.3 Å². The quantitative estimate of drug-likeness (QED) is 0.666. The first-order valence-corrected chi connectivity index (χ1v) is 9.08. The van der Waals surface area contributed by atoms with Crippen molar-refractivity contribution in [2.45, 2.75) is 6.54 Å². The van der Waals surface area contributed by atoms with Gasteiger partial charge in [-0.05, 0) is 24.3 Å². The second-order valence-corrected chi connectivity index (χ2v) is 7.12. The van der Waals surface area contributed by atoms with Crippen LogP contribution in [0.25, 0.3) is 10.2 Å². The highest BCUT2D eigenvalue weighted by atomic mass is 32.1. The monoisotopic (exact) mass is 372 g/mol. The summed E-state index contributed by atoms with van der Waals surface area (Å²) in [6, 6.07) is 13.4. The lowest BCUT2D eigenvalue weighted by molar-refractivity contribution is -0.885. The molecule has 1 aromatic heterocycles. The van der Waals surface area contributed by atoms with Gasteiger partial charge in [-0.3, -0.25) is 4.79 Å². The molecule has 1 amide bonds. The van der Waals surface area contributed by atoms with Crippen molar-refractivity contribution in [3.8, 4) is 11.5 Å². The molecular weight excluding hydrogens is 350 g/mol. The Balaban J connectivity index is 1.58. The number of para-hydroxylation sites is 1. The van der Waals surface area contributed by atoms with Crippen LogP contribution in [0.5, 0.6) is 11.5 Å². The van der Waals surface area contributed by atoms with E-state index in [1.807, 2.05) is 25.2 Å². The fourth-order valence-electron chi connectivity index (χ4n) is 2.71. The number of thiazole rings is 1. The smallest absolute Gasteiger partial charge is 0.279 e. The van der Waals surface area contributed by atoms with Gasteiger partial charge < -0.3 is 19.7 Å². The third-order valence-electron chi connectivity index (χ3n) is 3.92. The summed E-state index contributed by atoms with van der Waals surface area (Å²) in [6.07, 6.45) is 0. The van der Waals surface area contributed by atoms with E-state index in [1.54, 1.807) is 43.8 Å². The Hall–Kier alpha value is -2.64. The Kier molecular flexibility index (Phi) is 5.70. The van der Waals surface area contributed by atoms with E-state index >= 15 is 0 Å². The average Bonchev–Trinajstić information content (AvgIpc) is 3.03. The van der Waals surface area contributed by atoms with E-state index in [0.717, 1.165) is 15.4 Å². The number of nitrogens with one attached hydrogen (secondary N) is 2. The molecule has 2 N–H and O–H groups in total. The summed E-state index contributed by atoms with van der Waals surface area (Å²) in [4.78, 5) is 18.0. The molecule has 26 heavy (non-hydrogen) atoms. The summed E-state index contributed by atoms with van der Waals surface area (Å²) < 4.78 is 11.6. The zero-order valence-electron chi connectivity index (χ0n) is 15.0. The Bertz CT molecular complexity index is 877. The first kappa shape index (κ1) is 18.2. The molecule has 7 heteroatoms. The molecule has 136 valence electrons. The van der Waals surface area contributed by atoms with Gasteiger partial charge in [0.25, 0.3) is 5.91 Å². The molecule has 6 nitrogen and oxygen atoms in total. The van der Waals surface area contributed by atoms with Gasteiger partial charge in [-0.2, -0.15) is 0 Å². The van der Waals surface area contributed by atoms with Crippen LogP contribution >= 0.6 is 11.3 Å². The number of carbonyl (C=O) groups is 1. The van der Waals surface area contributed by atoms with Crippen molar-refractivity contribution in [2.24, 2.45) is 0 Å². The molecule has 0 fully saturated rings. The second-order valence-electron chi connectivity index (χ2n) is 6.00. The van der Waals surface area contributed by atoms with Crippen LogP contribution < -0.4 is 19.7 Å². The van der Waals surface area contributed by atoms with Crippen LogP contribution in [0.2, 0.25) is 0 Å². The molecule has 1 atom stereocenters. The van der Waals surface area contributed by atoms with E-state index in [4.69, 9.17) is 9.47 Å². The van der Waals surface area contributed by atoms with Crippen LogP contribution in [0.15, 0.2) is 42.5 Å². The molecule has 0 aliphatic carbocycles. The van der Waals surface area contributed by atoms with Gasteiger partial charge in [0.2, 0.25) is 0 Å². The number of nitrogens with zero attached hydrogens (tertiary/aromatic N) is 1. The number of amides is 1. The maximum absolute atomic E-state index is 12.3. The number of hydrogen-bond acceptors (Lipinski definition) is 5. The minimum absolute atomic E-state index is 0.0594. The number of rotatable bonds is 7. The Labute approximate surface area is 156 Å². The van der Waals surface area contributed by atoms with Crippen molar-refractivity contribution >= 4 is 33.1 Å². The van der Waals surface area contributed by atoms with Crippen LogP contribution in [0, 0.1) is 0 Å².